The number of halogens is 1. The number of nitrogens with two attached hydrogens (primary N) is 1. The first-order valence-corrected chi connectivity index (χ1v) is 12.6. The molecule has 0 radical (unpaired) electrons. The molecular weight excluding hydrogens is 489 g/mol. The molecule has 0 fully saturated rings. The summed E-state index contributed by atoms with van der Waals surface area (Å²) >= 11 is 0. The molecule has 4 rings (SSSR count). The van der Waals surface area contributed by atoms with Crippen molar-refractivity contribution >= 4 is 17.4 Å². The molecule has 1 aliphatic carbocycles. The van der Waals surface area contributed by atoms with E-state index in [1.165, 1.54) is 6.08 Å². The summed E-state index contributed by atoms with van der Waals surface area (Å²) in [6, 6.07) is 9.01. The van der Waals surface area contributed by atoms with Crippen LogP contribution in [0.5, 0.6) is 17.2 Å². The summed E-state index contributed by atoms with van der Waals surface area (Å²) in [4.78, 5) is 22.2. The van der Waals surface area contributed by atoms with Crippen molar-refractivity contribution in [3.8, 4) is 17.2 Å². The predicted octanol–water partition coefficient (Wildman–Crippen LogP) is 5.54. The zero-order valence-electron chi connectivity index (χ0n) is 21.6. The Morgan fingerprint density at radius 2 is 1.89 bits per heavy atom. The molecular formula is C30H32FNO6. The van der Waals surface area contributed by atoms with Crippen molar-refractivity contribution in [3.05, 3.63) is 82.7 Å². The van der Waals surface area contributed by atoms with Crippen LogP contribution in [0, 0.1) is 13.8 Å². The van der Waals surface area contributed by atoms with Crippen LogP contribution in [0.2, 0.25) is 0 Å². The molecule has 0 saturated heterocycles. The lowest BCUT2D eigenvalue weighted by molar-refractivity contribution is -0.137. The monoisotopic (exact) mass is 521 g/mol. The van der Waals surface area contributed by atoms with E-state index >= 15 is 4.39 Å². The van der Waals surface area contributed by atoms with Gasteiger partial charge in [0.05, 0.1) is 13.0 Å². The highest BCUT2D eigenvalue weighted by atomic mass is 19.1. The fourth-order valence-electron chi connectivity index (χ4n) is 5.05. The third kappa shape index (κ3) is 6.25. The molecule has 2 aliphatic rings. The van der Waals surface area contributed by atoms with E-state index in [1.807, 2.05) is 32.0 Å². The first-order chi connectivity index (χ1) is 18.1. The van der Waals surface area contributed by atoms with Crippen LogP contribution in [-0.2, 0) is 9.59 Å². The van der Waals surface area contributed by atoms with Gasteiger partial charge in [0.1, 0.15) is 29.2 Å². The van der Waals surface area contributed by atoms with Gasteiger partial charge in [0.25, 0.3) is 5.91 Å². The van der Waals surface area contributed by atoms with E-state index < -0.39 is 23.8 Å². The molecule has 0 unspecified atom stereocenters. The largest absolute Gasteiger partial charge is 0.492 e. The second-order valence-corrected chi connectivity index (χ2v) is 9.72. The van der Waals surface area contributed by atoms with E-state index in [0.29, 0.717) is 36.7 Å². The molecule has 0 spiro atoms. The minimum absolute atomic E-state index is 0.0000479. The SMILES string of the molecule is C=C1/C(F)=C\C=C(\c2c(C)cc(OCC(N)=O)cc2C)CCC[C@H]1Oc1ccc2c(c1)OC[C@H]2CC(=O)O. The Labute approximate surface area is 221 Å². The normalized spacial score (nSPS) is 21.9. The number of benzene rings is 2. The number of fused-ring (bicyclic) bond motifs is 1. The van der Waals surface area contributed by atoms with Crippen LogP contribution in [0.3, 0.4) is 0 Å². The molecule has 0 saturated carbocycles. The van der Waals surface area contributed by atoms with Crippen molar-refractivity contribution < 1.29 is 33.3 Å². The van der Waals surface area contributed by atoms with Crippen LogP contribution in [0.15, 0.2) is 60.5 Å². The molecule has 1 amide bonds. The lowest BCUT2D eigenvalue weighted by atomic mass is 9.91. The highest BCUT2D eigenvalue weighted by Gasteiger charge is 2.28. The van der Waals surface area contributed by atoms with Crippen LogP contribution >= 0.6 is 0 Å². The lowest BCUT2D eigenvalue weighted by Gasteiger charge is -2.21. The smallest absolute Gasteiger partial charge is 0.304 e. The molecule has 2 aromatic rings. The number of amides is 1. The Kier molecular flexibility index (Phi) is 8.20. The summed E-state index contributed by atoms with van der Waals surface area (Å²) in [6.07, 6.45) is 4.63. The molecule has 38 heavy (non-hydrogen) atoms. The number of rotatable bonds is 8. The first kappa shape index (κ1) is 27.0. The zero-order valence-corrected chi connectivity index (χ0v) is 21.6. The molecule has 7 nitrogen and oxygen atoms in total. The maximum atomic E-state index is 15.2. The molecule has 1 heterocycles. The highest BCUT2D eigenvalue weighted by molar-refractivity contribution is 5.76. The van der Waals surface area contributed by atoms with Gasteiger partial charge in [0.15, 0.2) is 6.61 Å². The number of aryl methyl sites for hydroxylation is 2. The van der Waals surface area contributed by atoms with Crippen LogP contribution in [-0.4, -0.2) is 36.3 Å². The molecule has 2 aromatic carbocycles. The van der Waals surface area contributed by atoms with E-state index in [4.69, 9.17) is 25.1 Å². The number of hydrogen-bond acceptors (Lipinski definition) is 5. The third-order valence-electron chi connectivity index (χ3n) is 6.81. The van der Waals surface area contributed by atoms with Crippen molar-refractivity contribution in [1.29, 1.82) is 0 Å². The van der Waals surface area contributed by atoms with Gasteiger partial charge in [-0.2, -0.15) is 0 Å². The fraction of sp³-hybridized carbons (Fsp3) is 0.333. The summed E-state index contributed by atoms with van der Waals surface area (Å²) in [5.74, 6) is -0.400. The maximum Gasteiger partial charge on any atom is 0.304 e. The standard InChI is InChI=1S/C30H32FNO6/c1-17-11-23(36-16-28(32)33)12-18(2)30(17)20-5-4-6-26(19(3)25(31)10-7-20)38-22-8-9-24-21(13-29(34)35)15-37-27(24)14-22/h7-12,14,21,26H,3-6,13,15-16H2,1-2H3,(H2,32,33)(H,34,35)/b20-7+,25-10+/t21-,26-/m1/s1. The molecule has 2 atom stereocenters. The molecule has 1 aliphatic heterocycles. The van der Waals surface area contributed by atoms with Crippen molar-refractivity contribution in [2.45, 2.75) is 51.6 Å². The first-order valence-electron chi connectivity index (χ1n) is 12.6. The van der Waals surface area contributed by atoms with Crippen LogP contribution in [0.25, 0.3) is 5.57 Å². The molecule has 3 N–H and O–H groups in total. The Hall–Kier alpha value is -4.07. The second-order valence-electron chi connectivity index (χ2n) is 9.72. The number of primary amides is 1. The van der Waals surface area contributed by atoms with Gasteiger partial charge in [-0.05, 0) is 79.6 Å². The van der Waals surface area contributed by atoms with Crippen LogP contribution < -0.4 is 19.9 Å². The minimum atomic E-state index is -0.873. The number of carbonyl (C=O) groups excluding carboxylic acids is 1. The van der Waals surface area contributed by atoms with Crippen molar-refractivity contribution in [1.82, 2.24) is 0 Å². The topological polar surface area (TPSA) is 108 Å². The van der Waals surface area contributed by atoms with Gasteiger partial charge < -0.3 is 25.1 Å². The zero-order chi connectivity index (χ0) is 27.4. The van der Waals surface area contributed by atoms with Gasteiger partial charge in [-0.15, -0.1) is 0 Å². The fourth-order valence-corrected chi connectivity index (χ4v) is 5.05. The molecule has 0 aromatic heterocycles. The minimum Gasteiger partial charge on any atom is -0.492 e. The summed E-state index contributed by atoms with van der Waals surface area (Å²) in [5.41, 5.74) is 10.2. The average Bonchev–Trinajstić information content (AvgIpc) is 3.26. The second kappa shape index (κ2) is 11.5. The summed E-state index contributed by atoms with van der Waals surface area (Å²) in [5, 5.41) is 9.11. The van der Waals surface area contributed by atoms with Gasteiger partial charge >= 0.3 is 5.97 Å². The van der Waals surface area contributed by atoms with Gasteiger partial charge in [-0.1, -0.05) is 18.7 Å². The number of allylic oxidation sites excluding steroid dienone is 3. The van der Waals surface area contributed by atoms with E-state index in [0.717, 1.165) is 34.2 Å². The van der Waals surface area contributed by atoms with E-state index in [9.17, 15) is 9.59 Å². The van der Waals surface area contributed by atoms with E-state index in [-0.39, 0.29) is 24.5 Å². The molecule has 200 valence electrons. The van der Waals surface area contributed by atoms with Gasteiger partial charge in [-0.25, -0.2) is 4.39 Å². The van der Waals surface area contributed by atoms with Gasteiger partial charge in [-0.3, -0.25) is 9.59 Å². The van der Waals surface area contributed by atoms with Crippen molar-refractivity contribution in [2.75, 3.05) is 13.2 Å². The van der Waals surface area contributed by atoms with Crippen LogP contribution in [0.1, 0.15) is 53.9 Å². The van der Waals surface area contributed by atoms with Crippen LogP contribution in [0.4, 0.5) is 4.39 Å². The Bertz CT molecular complexity index is 1310. The number of aliphatic carboxylic acids is 1. The number of carboxylic acids is 1. The lowest BCUT2D eigenvalue weighted by Crippen LogP contribution is -2.20. The number of carboxylic acid groups (broad SMARTS) is 1. The third-order valence-corrected chi connectivity index (χ3v) is 6.81. The van der Waals surface area contributed by atoms with Gasteiger partial charge in [0, 0.05) is 23.1 Å². The quantitative estimate of drug-likeness (QED) is 0.472. The Balaban J connectivity index is 1.49. The average molecular weight is 522 g/mol. The summed E-state index contributed by atoms with van der Waals surface area (Å²) in [7, 11) is 0. The van der Waals surface area contributed by atoms with E-state index in [1.54, 1.807) is 18.2 Å². The summed E-state index contributed by atoms with van der Waals surface area (Å²) in [6.45, 7) is 7.98. The van der Waals surface area contributed by atoms with Crippen molar-refractivity contribution in [3.63, 3.8) is 0 Å². The van der Waals surface area contributed by atoms with E-state index in [2.05, 4.69) is 6.58 Å². The molecule has 8 heteroatoms. The molecule has 0 bridgehead atoms. The number of ether oxygens (including phenoxy) is 3. The maximum absolute atomic E-state index is 15.2. The number of hydrogen-bond donors (Lipinski definition) is 2. The predicted molar refractivity (Wildman–Crippen MR) is 142 cm³/mol. The summed E-state index contributed by atoms with van der Waals surface area (Å²) < 4.78 is 32.5. The Morgan fingerprint density at radius 1 is 1.16 bits per heavy atom. The van der Waals surface area contributed by atoms with Gasteiger partial charge in [0.2, 0.25) is 0 Å². The van der Waals surface area contributed by atoms with Crippen molar-refractivity contribution in [2.24, 2.45) is 5.73 Å². The Morgan fingerprint density at radius 3 is 2.58 bits per heavy atom. The number of carbonyl (C=O) groups is 2. The highest BCUT2D eigenvalue weighted by Crippen LogP contribution is 2.39.